The fourth-order valence-corrected chi connectivity index (χ4v) is 4.79. The number of nitrogens with zero attached hydrogens (tertiary/aromatic N) is 3. The second-order valence-electron chi connectivity index (χ2n) is 6.70. The zero-order valence-electron chi connectivity index (χ0n) is 14.5. The molecule has 25 heavy (non-hydrogen) atoms. The Morgan fingerprint density at radius 1 is 1.20 bits per heavy atom. The van der Waals surface area contributed by atoms with Gasteiger partial charge in [0.2, 0.25) is 5.91 Å². The minimum atomic E-state index is -3.52. The first kappa shape index (κ1) is 18.1. The Kier molecular flexibility index (Phi) is 5.90. The summed E-state index contributed by atoms with van der Waals surface area (Å²) in [7, 11) is -3.52. The molecule has 7 nitrogen and oxygen atoms in total. The molecule has 1 aliphatic carbocycles. The van der Waals surface area contributed by atoms with Crippen molar-refractivity contribution in [3.05, 3.63) is 24.2 Å². The number of carbonyl (C=O) groups excluding carboxylic acids is 1. The van der Waals surface area contributed by atoms with Crippen LogP contribution in [0.5, 0.6) is 0 Å². The second kappa shape index (κ2) is 8.14. The Balaban J connectivity index is 1.49. The summed E-state index contributed by atoms with van der Waals surface area (Å²) < 4.78 is 27.8. The van der Waals surface area contributed by atoms with Crippen LogP contribution in [-0.4, -0.2) is 47.8 Å². The molecule has 0 saturated carbocycles. The van der Waals surface area contributed by atoms with Gasteiger partial charge in [-0.3, -0.25) is 4.79 Å². The number of carbonyl (C=O) groups is 1. The van der Waals surface area contributed by atoms with Gasteiger partial charge in [-0.05, 0) is 44.9 Å². The first-order chi connectivity index (χ1) is 12.1. The molecule has 8 heteroatoms. The molecule has 2 aliphatic rings. The zero-order valence-corrected chi connectivity index (χ0v) is 15.3. The number of hydrogen-bond donors (Lipinski definition) is 1. The van der Waals surface area contributed by atoms with Crippen LogP contribution in [0.4, 0.5) is 0 Å². The Hall–Kier alpha value is -1.67. The van der Waals surface area contributed by atoms with Gasteiger partial charge < -0.3 is 9.88 Å². The third kappa shape index (κ3) is 4.70. The van der Waals surface area contributed by atoms with E-state index in [1.165, 1.54) is 39.8 Å². The lowest BCUT2D eigenvalue weighted by atomic mass is 9.97. The Bertz CT molecular complexity index is 733. The van der Waals surface area contributed by atoms with E-state index < -0.39 is 10.0 Å². The minimum absolute atomic E-state index is 0.0227. The molecule has 0 aromatic carbocycles. The van der Waals surface area contributed by atoms with Crippen molar-refractivity contribution in [2.24, 2.45) is 0 Å². The quantitative estimate of drug-likeness (QED) is 0.744. The minimum Gasteiger partial charge on any atom is -0.354 e. The smallest absolute Gasteiger partial charge is 0.262 e. The van der Waals surface area contributed by atoms with Crippen molar-refractivity contribution in [3.8, 4) is 0 Å². The molecule has 138 valence electrons. The van der Waals surface area contributed by atoms with Crippen LogP contribution in [0.3, 0.4) is 0 Å². The van der Waals surface area contributed by atoms with Gasteiger partial charge >= 0.3 is 0 Å². The van der Waals surface area contributed by atoms with Gasteiger partial charge in [-0.25, -0.2) is 13.4 Å². The highest BCUT2D eigenvalue weighted by molar-refractivity contribution is 7.89. The number of amides is 1. The van der Waals surface area contributed by atoms with Gasteiger partial charge in [0.25, 0.3) is 10.0 Å². The van der Waals surface area contributed by atoms with E-state index in [-0.39, 0.29) is 17.5 Å². The fourth-order valence-electron chi connectivity index (χ4n) is 3.34. The van der Waals surface area contributed by atoms with E-state index >= 15 is 0 Å². The maximum absolute atomic E-state index is 12.4. The molecular weight excluding hydrogens is 340 g/mol. The van der Waals surface area contributed by atoms with Gasteiger partial charge in [0, 0.05) is 25.8 Å². The second-order valence-corrected chi connectivity index (χ2v) is 8.59. The number of imidazole rings is 1. The third-order valence-corrected chi connectivity index (χ3v) is 6.54. The summed E-state index contributed by atoms with van der Waals surface area (Å²) in [6, 6.07) is 0. The zero-order chi connectivity index (χ0) is 17.7. The van der Waals surface area contributed by atoms with Crippen molar-refractivity contribution >= 4 is 15.9 Å². The molecule has 1 N–H and O–H groups in total. The summed E-state index contributed by atoms with van der Waals surface area (Å²) in [6.45, 7) is 1.80. The molecule has 1 aromatic rings. The van der Waals surface area contributed by atoms with Crippen molar-refractivity contribution in [2.75, 3.05) is 19.6 Å². The molecule has 0 unspecified atom stereocenters. The first-order valence-corrected chi connectivity index (χ1v) is 10.5. The van der Waals surface area contributed by atoms with Gasteiger partial charge in [0.15, 0.2) is 5.03 Å². The number of rotatable bonds is 7. The van der Waals surface area contributed by atoms with E-state index in [0.29, 0.717) is 19.6 Å². The van der Waals surface area contributed by atoms with Gasteiger partial charge in [-0.15, -0.1) is 0 Å². The molecule has 2 heterocycles. The van der Waals surface area contributed by atoms with Crippen molar-refractivity contribution in [2.45, 2.75) is 56.5 Å². The van der Waals surface area contributed by atoms with E-state index in [9.17, 15) is 13.2 Å². The van der Waals surface area contributed by atoms with Crippen LogP contribution in [0.2, 0.25) is 0 Å². The van der Waals surface area contributed by atoms with Gasteiger partial charge in [-0.1, -0.05) is 11.6 Å². The number of hydrogen-bond acceptors (Lipinski definition) is 4. The van der Waals surface area contributed by atoms with E-state index in [0.717, 1.165) is 32.1 Å². The SMILES string of the molecule is O=C(Cn1cnc(S(=O)(=O)N2CCCC2)c1)NCCC1=CCCCC1. The molecule has 0 spiro atoms. The Labute approximate surface area is 149 Å². The van der Waals surface area contributed by atoms with Crippen LogP contribution in [0, 0.1) is 0 Å². The van der Waals surface area contributed by atoms with Crippen LogP contribution in [-0.2, 0) is 21.4 Å². The van der Waals surface area contributed by atoms with Crippen LogP contribution >= 0.6 is 0 Å². The third-order valence-electron chi connectivity index (χ3n) is 4.76. The molecule has 0 radical (unpaired) electrons. The monoisotopic (exact) mass is 366 g/mol. The van der Waals surface area contributed by atoms with Crippen LogP contribution < -0.4 is 5.32 Å². The first-order valence-electron chi connectivity index (χ1n) is 9.02. The highest BCUT2D eigenvalue weighted by atomic mass is 32.2. The highest BCUT2D eigenvalue weighted by Crippen LogP contribution is 2.20. The fraction of sp³-hybridized carbons (Fsp3) is 0.647. The van der Waals surface area contributed by atoms with Crippen molar-refractivity contribution in [3.63, 3.8) is 0 Å². The topological polar surface area (TPSA) is 84.3 Å². The summed E-state index contributed by atoms with van der Waals surface area (Å²) in [5.74, 6) is -0.126. The summed E-state index contributed by atoms with van der Waals surface area (Å²) in [5, 5.41) is 2.92. The molecule has 1 aliphatic heterocycles. The van der Waals surface area contributed by atoms with E-state index in [2.05, 4.69) is 16.4 Å². The van der Waals surface area contributed by atoms with E-state index in [1.54, 1.807) is 0 Å². The maximum Gasteiger partial charge on any atom is 0.262 e. The predicted molar refractivity (Wildman–Crippen MR) is 94.4 cm³/mol. The lowest BCUT2D eigenvalue weighted by Crippen LogP contribution is -2.29. The number of nitrogens with one attached hydrogen (secondary N) is 1. The normalized spacial score (nSPS) is 19.0. The van der Waals surface area contributed by atoms with Crippen LogP contribution in [0.1, 0.15) is 44.9 Å². The number of allylic oxidation sites excluding steroid dienone is 1. The largest absolute Gasteiger partial charge is 0.354 e. The van der Waals surface area contributed by atoms with E-state index in [1.807, 2.05) is 0 Å². The standard InChI is InChI=1S/C17H26N4O3S/c22-16(18-9-8-15-6-2-1-3-7-15)12-20-13-17(19-14-20)25(23,24)21-10-4-5-11-21/h6,13-14H,1-5,7-12H2,(H,18,22). The molecule has 3 rings (SSSR count). The van der Waals surface area contributed by atoms with Crippen LogP contribution in [0.25, 0.3) is 0 Å². The van der Waals surface area contributed by atoms with Crippen molar-refractivity contribution < 1.29 is 13.2 Å². The van der Waals surface area contributed by atoms with E-state index in [4.69, 9.17) is 0 Å². The lowest BCUT2D eigenvalue weighted by molar-refractivity contribution is -0.121. The van der Waals surface area contributed by atoms with Gasteiger partial charge in [0.05, 0.1) is 6.33 Å². The highest BCUT2D eigenvalue weighted by Gasteiger charge is 2.29. The van der Waals surface area contributed by atoms with Crippen molar-refractivity contribution in [1.82, 2.24) is 19.2 Å². The summed E-state index contributed by atoms with van der Waals surface area (Å²) >= 11 is 0. The average molecular weight is 366 g/mol. The summed E-state index contributed by atoms with van der Waals surface area (Å²) in [6.07, 6.45) is 12.6. The molecule has 1 amide bonds. The molecule has 0 bridgehead atoms. The van der Waals surface area contributed by atoms with Gasteiger partial charge in [0.1, 0.15) is 6.54 Å². The van der Waals surface area contributed by atoms with Gasteiger partial charge in [-0.2, -0.15) is 4.31 Å². The van der Waals surface area contributed by atoms with Crippen LogP contribution in [0.15, 0.2) is 29.2 Å². The molecule has 1 saturated heterocycles. The summed E-state index contributed by atoms with van der Waals surface area (Å²) in [4.78, 5) is 16.0. The molecule has 1 fully saturated rings. The predicted octanol–water partition coefficient (Wildman–Crippen LogP) is 1.67. The molecular formula is C17H26N4O3S. The molecule has 1 aromatic heterocycles. The van der Waals surface area contributed by atoms with Crippen molar-refractivity contribution in [1.29, 1.82) is 0 Å². The number of sulfonamides is 1. The Morgan fingerprint density at radius 3 is 2.72 bits per heavy atom. The Morgan fingerprint density at radius 2 is 2.00 bits per heavy atom. The lowest BCUT2D eigenvalue weighted by Gasteiger charge is -2.13. The average Bonchev–Trinajstić information content (AvgIpc) is 3.28. The maximum atomic E-state index is 12.4. The summed E-state index contributed by atoms with van der Waals surface area (Å²) in [5.41, 5.74) is 1.42. The molecule has 0 atom stereocenters. The number of aromatic nitrogens is 2.